The molecule has 0 heterocycles. The molecule has 0 aliphatic carbocycles. The fourth-order valence-electron chi connectivity index (χ4n) is 0.852. The van der Waals surface area contributed by atoms with E-state index in [9.17, 15) is 4.39 Å². The number of hydrogen-bond donors (Lipinski definition) is 1. The highest BCUT2D eigenvalue weighted by Gasteiger charge is 2.02. The fourth-order valence-corrected chi connectivity index (χ4v) is 0.912. The van der Waals surface area contributed by atoms with Crippen LogP contribution >= 0.6 is 11.6 Å². The molecule has 14 heavy (non-hydrogen) atoms. The largest absolute Gasteiger partial charge is 0.386 e. The van der Waals surface area contributed by atoms with Gasteiger partial charge in [0.1, 0.15) is 17.3 Å². The Bertz CT molecular complexity index is 409. The SMILES string of the molecule is N#Cc1ccc(F)c(N=C(N)CCl)c1. The lowest BCUT2D eigenvalue weighted by Gasteiger charge is -1.98. The zero-order chi connectivity index (χ0) is 10.6. The highest BCUT2D eigenvalue weighted by Crippen LogP contribution is 2.18. The molecular formula is C9H7ClFN3. The number of nitriles is 1. The van der Waals surface area contributed by atoms with Crippen molar-refractivity contribution in [2.24, 2.45) is 10.7 Å². The minimum atomic E-state index is -0.530. The van der Waals surface area contributed by atoms with Gasteiger partial charge in [0.05, 0.1) is 17.5 Å². The number of nitrogens with zero attached hydrogens (tertiary/aromatic N) is 2. The third-order valence-corrected chi connectivity index (χ3v) is 1.75. The number of halogens is 2. The first kappa shape index (κ1) is 10.5. The van der Waals surface area contributed by atoms with Gasteiger partial charge in [-0.15, -0.1) is 11.6 Å². The van der Waals surface area contributed by atoms with Crippen LogP contribution in [0.4, 0.5) is 10.1 Å². The molecule has 0 bridgehead atoms. The summed E-state index contributed by atoms with van der Waals surface area (Å²) in [7, 11) is 0. The number of alkyl halides is 1. The molecule has 0 unspecified atom stereocenters. The molecule has 0 radical (unpaired) electrons. The van der Waals surface area contributed by atoms with Gasteiger partial charge in [0.15, 0.2) is 0 Å². The number of benzene rings is 1. The van der Waals surface area contributed by atoms with Gasteiger partial charge in [-0.3, -0.25) is 0 Å². The Balaban J connectivity index is 3.14. The Hall–Kier alpha value is -1.60. The van der Waals surface area contributed by atoms with Gasteiger partial charge in [-0.1, -0.05) is 0 Å². The summed E-state index contributed by atoms with van der Waals surface area (Å²) in [6.45, 7) is 0. The highest BCUT2D eigenvalue weighted by molar-refractivity contribution is 6.28. The molecule has 0 amide bonds. The standard InChI is InChI=1S/C9H7ClFN3/c10-4-9(13)14-8-3-6(5-12)1-2-7(8)11/h1-3H,4H2,(H2,13,14). The zero-order valence-electron chi connectivity index (χ0n) is 7.17. The summed E-state index contributed by atoms with van der Waals surface area (Å²) in [6.07, 6.45) is 0. The van der Waals surface area contributed by atoms with Crippen molar-refractivity contribution in [3.05, 3.63) is 29.6 Å². The van der Waals surface area contributed by atoms with Crippen molar-refractivity contribution in [2.45, 2.75) is 0 Å². The van der Waals surface area contributed by atoms with Crippen LogP contribution in [0.25, 0.3) is 0 Å². The second kappa shape index (κ2) is 4.58. The van der Waals surface area contributed by atoms with Crippen LogP contribution in [0.1, 0.15) is 5.56 Å². The summed E-state index contributed by atoms with van der Waals surface area (Å²) >= 11 is 5.38. The van der Waals surface area contributed by atoms with Crippen molar-refractivity contribution >= 4 is 23.1 Å². The van der Waals surface area contributed by atoms with Gasteiger partial charge in [0, 0.05) is 0 Å². The lowest BCUT2D eigenvalue weighted by molar-refractivity contribution is 0.629. The van der Waals surface area contributed by atoms with Crippen molar-refractivity contribution in [2.75, 3.05) is 5.88 Å². The molecule has 1 aromatic carbocycles. The maximum atomic E-state index is 13.1. The molecule has 5 heteroatoms. The predicted molar refractivity (Wildman–Crippen MR) is 53.1 cm³/mol. The summed E-state index contributed by atoms with van der Waals surface area (Å²) in [5.41, 5.74) is 5.69. The third-order valence-electron chi connectivity index (χ3n) is 1.48. The zero-order valence-corrected chi connectivity index (χ0v) is 7.92. The maximum Gasteiger partial charge on any atom is 0.148 e. The third kappa shape index (κ3) is 2.44. The molecule has 0 aromatic heterocycles. The van der Waals surface area contributed by atoms with E-state index in [1.807, 2.05) is 6.07 Å². The number of hydrogen-bond acceptors (Lipinski definition) is 2. The summed E-state index contributed by atoms with van der Waals surface area (Å²) in [4.78, 5) is 3.72. The van der Waals surface area contributed by atoms with E-state index in [2.05, 4.69) is 4.99 Å². The minimum Gasteiger partial charge on any atom is -0.386 e. The molecule has 72 valence electrons. The maximum absolute atomic E-state index is 13.1. The smallest absolute Gasteiger partial charge is 0.148 e. The topological polar surface area (TPSA) is 62.2 Å². The van der Waals surface area contributed by atoms with E-state index in [0.29, 0.717) is 5.56 Å². The molecule has 0 saturated heterocycles. The second-order valence-corrected chi connectivity index (χ2v) is 2.78. The molecule has 0 atom stereocenters. The van der Waals surface area contributed by atoms with Gasteiger partial charge in [-0.25, -0.2) is 9.38 Å². The minimum absolute atomic E-state index is 0.0240. The Kier molecular flexibility index (Phi) is 3.43. The van der Waals surface area contributed by atoms with Crippen LogP contribution in [0.2, 0.25) is 0 Å². The van der Waals surface area contributed by atoms with Gasteiger partial charge in [0.25, 0.3) is 0 Å². The van der Waals surface area contributed by atoms with Crippen molar-refractivity contribution in [3.8, 4) is 6.07 Å². The van der Waals surface area contributed by atoms with E-state index in [4.69, 9.17) is 22.6 Å². The number of amidine groups is 1. The Labute approximate surface area is 85.6 Å². The lowest BCUT2D eigenvalue weighted by Crippen LogP contribution is -2.12. The van der Waals surface area contributed by atoms with Crippen molar-refractivity contribution in [1.29, 1.82) is 5.26 Å². The molecule has 0 aliphatic heterocycles. The van der Waals surface area contributed by atoms with Crippen LogP contribution in [-0.2, 0) is 0 Å². The van der Waals surface area contributed by atoms with E-state index in [0.717, 1.165) is 0 Å². The molecule has 3 nitrogen and oxygen atoms in total. The summed E-state index contributed by atoms with van der Waals surface area (Å²) in [5, 5.41) is 8.57. The monoisotopic (exact) mass is 211 g/mol. The van der Waals surface area contributed by atoms with Crippen LogP contribution in [0.15, 0.2) is 23.2 Å². The molecule has 0 fully saturated rings. The molecule has 0 spiro atoms. The van der Waals surface area contributed by atoms with Gasteiger partial charge in [-0.05, 0) is 18.2 Å². The molecular weight excluding hydrogens is 205 g/mol. The van der Waals surface area contributed by atoms with Gasteiger partial charge < -0.3 is 5.73 Å². The predicted octanol–water partition coefficient (Wildman–Crippen LogP) is 1.92. The van der Waals surface area contributed by atoms with E-state index in [-0.39, 0.29) is 17.4 Å². The molecule has 1 rings (SSSR count). The van der Waals surface area contributed by atoms with Gasteiger partial charge in [-0.2, -0.15) is 5.26 Å². The Morgan fingerprint density at radius 1 is 1.64 bits per heavy atom. The van der Waals surface area contributed by atoms with Crippen LogP contribution in [0, 0.1) is 17.1 Å². The van der Waals surface area contributed by atoms with E-state index < -0.39 is 5.82 Å². The average molecular weight is 212 g/mol. The first-order chi connectivity index (χ1) is 6.67. The molecule has 2 N–H and O–H groups in total. The summed E-state index contributed by atoms with van der Waals surface area (Å²) in [6, 6.07) is 5.72. The van der Waals surface area contributed by atoms with Crippen LogP contribution < -0.4 is 5.73 Å². The first-order valence-electron chi connectivity index (χ1n) is 3.76. The van der Waals surface area contributed by atoms with Crippen LogP contribution in [-0.4, -0.2) is 11.7 Å². The highest BCUT2D eigenvalue weighted by atomic mass is 35.5. The average Bonchev–Trinajstić information content (AvgIpc) is 2.21. The van der Waals surface area contributed by atoms with Crippen LogP contribution in [0.5, 0.6) is 0 Å². The van der Waals surface area contributed by atoms with Crippen molar-refractivity contribution in [3.63, 3.8) is 0 Å². The first-order valence-corrected chi connectivity index (χ1v) is 4.29. The number of rotatable bonds is 2. The lowest BCUT2D eigenvalue weighted by atomic mass is 10.2. The van der Waals surface area contributed by atoms with E-state index in [1.165, 1.54) is 18.2 Å². The van der Waals surface area contributed by atoms with Gasteiger partial charge >= 0.3 is 0 Å². The van der Waals surface area contributed by atoms with Crippen LogP contribution in [0.3, 0.4) is 0 Å². The molecule has 0 saturated carbocycles. The second-order valence-electron chi connectivity index (χ2n) is 2.51. The van der Waals surface area contributed by atoms with Crippen molar-refractivity contribution in [1.82, 2.24) is 0 Å². The normalized spacial score (nSPS) is 11.1. The van der Waals surface area contributed by atoms with Gasteiger partial charge in [0.2, 0.25) is 0 Å². The number of aliphatic imine (C=N–C) groups is 1. The summed E-state index contributed by atoms with van der Waals surface area (Å²) < 4.78 is 13.1. The fraction of sp³-hybridized carbons (Fsp3) is 0.111. The van der Waals surface area contributed by atoms with Crippen molar-refractivity contribution < 1.29 is 4.39 Å². The van der Waals surface area contributed by atoms with E-state index >= 15 is 0 Å². The quantitative estimate of drug-likeness (QED) is 0.462. The molecule has 1 aromatic rings. The van der Waals surface area contributed by atoms with E-state index in [1.54, 1.807) is 0 Å². The summed E-state index contributed by atoms with van der Waals surface area (Å²) in [5.74, 6) is -0.395. The number of nitrogens with two attached hydrogens (primary N) is 1. The Morgan fingerprint density at radius 2 is 2.36 bits per heavy atom. The molecule has 0 aliphatic rings. The Morgan fingerprint density at radius 3 is 2.93 bits per heavy atom.